The number of morpholine rings is 1. The Morgan fingerprint density at radius 1 is 1.47 bits per heavy atom. The Bertz CT molecular complexity index is 257. The average molecular weight is 263 g/mol. The molecule has 1 N–H and O–H groups in total. The minimum absolute atomic E-state index is 0. The number of carbonyl (C=O) groups is 1. The second kappa shape index (κ2) is 6.57. The van der Waals surface area contributed by atoms with Gasteiger partial charge < -0.3 is 15.0 Å². The Kier molecular flexibility index (Phi) is 5.70. The molecule has 0 bridgehead atoms. The topological polar surface area (TPSA) is 41.6 Å². The first-order chi connectivity index (χ1) is 7.70. The number of hydrogen-bond donors (Lipinski definition) is 1. The lowest BCUT2D eigenvalue weighted by molar-refractivity contribution is -0.146. The predicted octanol–water partition coefficient (Wildman–Crippen LogP) is 1.19. The first kappa shape index (κ1) is 14.7. The van der Waals surface area contributed by atoms with E-state index in [1.54, 1.807) is 0 Å². The molecule has 1 amide bonds. The summed E-state index contributed by atoms with van der Waals surface area (Å²) in [5.41, 5.74) is 0. The summed E-state index contributed by atoms with van der Waals surface area (Å²) in [6, 6.07) is 0.0582. The van der Waals surface area contributed by atoms with Crippen LogP contribution in [0.15, 0.2) is 0 Å². The molecule has 0 aliphatic carbocycles. The number of hydrogen-bond acceptors (Lipinski definition) is 3. The number of halogens is 1. The summed E-state index contributed by atoms with van der Waals surface area (Å²) in [5.74, 6) is 0.270. The van der Waals surface area contributed by atoms with Crippen molar-refractivity contribution in [3.05, 3.63) is 0 Å². The molecule has 2 aliphatic rings. The van der Waals surface area contributed by atoms with Gasteiger partial charge in [0.25, 0.3) is 0 Å². The summed E-state index contributed by atoms with van der Waals surface area (Å²) in [4.78, 5) is 14.2. The van der Waals surface area contributed by atoms with Gasteiger partial charge in [0.05, 0.1) is 18.2 Å². The third-order valence-electron chi connectivity index (χ3n) is 3.45. The lowest BCUT2D eigenvalue weighted by Gasteiger charge is -2.37. The van der Waals surface area contributed by atoms with E-state index in [2.05, 4.69) is 12.2 Å². The van der Waals surface area contributed by atoms with Gasteiger partial charge in [-0.25, -0.2) is 0 Å². The Labute approximate surface area is 109 Å². The van der Waals surface area contributed by atoms with E-state index in [9.17, 15) is 4.79 Å². The highest BCUT2D eigenvalue weighted by Gasteiger charge is 2.32. The third kappa shape index (κ3) is 3.57. The molecule has 5 heteroatoms. The maximum Gasteiger partial charge on any atom is 0.239 e. The van der Waals surface area contributed by atoms with Crippen molar-refractivity contribution in [2.45, 2.75) is 51.4 Å². The van der Waals surface area contributed by atoms with E-state index in [-0.39, 0.29) is 36.6 Å². The molecule has 0 spiro atoms. The molecule has 3 atom stereocenters. The molecule has 17 heavy (non-hydrogen) atoms. The molecular formula is C12H23ClN2O2. The first-order valence-corrected chi connectivity index (χ1v) is 6.38. The van der Waals surface area contributed by atoms with Crippen LogP contribution in [0.5, 0.6) is 0 Å². The largest absolute Gasteiger partial charge is 0.372 e. The van der Waals surface area contributed by atoms with E-state index in [0.717, 1.165) is 38.9 Å². The zero-order chi connectivity index (χ0) is 11.5. The minimum Gasteiger partial charge on any atom is -0.372 e. The summed E-state index contributed by atoms with van der Waals surface area (Å²) >= 11 is 0. The lowest BCUT2D eigenvalue weighted by atomic mass is 10.1. The van der Waals surface area contributed by atoms with E-state index >= 15 is 0 Å². The molecule has 2 rings (SSSR count). The SMILES string of the molecule is CCC1CN(C(=O)C2CCCN2)CC(C)O1.Cl. The molecule has 0 aromatic heterocycles. The van der Waals surface area contributed by atoms with Gasteiger partial charge in [-0.1, -0.05) is 6.92 Å². The number of ether oxygens (including phenoxy) is 1. The fraction of sp³-hybridized carbons (Fsp3) is 0.917. The van der Waals surface area contributed by atoms with E-state index in [4.69, 9.17) is 4.74 Å². The highest BCUT2D eigenvalue weighted by Crippen LogP contribution is 2.16. The van der Waals surface area contributed by atoms with E-state index < -0.39 is 0 Å². The van der Waals surface area contributed by atoms with Gasteiger partial charge in [-0.05, 0) is 32.7 Å². The molecule has 0 aromatic rings. The summed E-state index contributed by atoms with van der Waals surface area (Å²) in [7, 11) is 0. The Morgan fingerprint density at radius 2 is 2.24 bits per heavy atom. The van der Waals surface area contributed by atoms with Gasteiger partial charge in [0.15, 0.2) is 0 Å². The van der Waals surface area contributed by atoms with Crippen LogP contribution in [0.25, 0.3) is 0 Å². The van der Waals surface area contributed by atoms with Crippen molar-refractivity contribution in [2.75, 3.05) is 19.6 Å². The molecule has 4 nitrogen and oxygen atoms in total. The molecule has 0 saturated carbocycles. The summed E-state index contributed by atoms with van der Waals surface area (Å²) in [5, 5.41) is 3.27. The van der Waals surface area contributed by atoms with Crippen LogP contribution >= 0.6 is 12.4 Å². The van der Waals surface area contributed by atoms with Crippen molar-refractivity contribution in [2.24, 2.45) is 0 Å². The van der Waals surface area contributed by atoms with Gasteiger partial charge in [0.2, 0.25) is 5.91 Å². The van der Waals surface area contributed by atoms with Gasteiger partial charge in [0.1, 0.15) is 0 Å². The summed E-state index contributed by atoms with van der Waals surface area (Å²) < 4.78 is 5.76. The molecule has 3 unspecified atom stereocenters. The van der Waals surface area contributed by atoms with Crippen LogP contribution in [0, 0.1) is 0 Å². The number of rotatable bonds is 2. The third-order valence-corrected chi connectivity index (χ3v) is 3.45. The molecule has 2 heterocycles. The Hall–Kier alpha value is -0.320. The zero-order valence-corrected chi connectivity index (χ0v) is 11.5. The summed E-state index contributed by atoms with van der Waals surface area (Å²) in [6.07, 6.45) is 3.47. The van der Waals surface area contributed by atoms with Crippen molar-refractivity contribution in [3.63, 3.8) is 0 Å². The van der Waals surface area contributed by atoms with Crippen LogP contribution in [-0.2, 0) is 9.53 Å². The first-order valence-electron chi connectivity index (χ1n) is 6.38. The fourth-order valence-corrected chi connectivity index (χ4v) is 2.57. The average Bonchev–Trinajstić information content (AvgIpc) is 2.80. The second-order valence-electron chi connectivity index (χ2n) is 4.87. The monoisotopic (exact) mass is 262 g/mol. The van der Waals surface area contributed by atoms with Crippen molar-refractivity contribution in [1.82, 2.24) is 10.2 Å². The highest BCUT2D eigenvalue weighted by atomic mass is 35.5. The normalized spacial score (nSPS) is 33.3. The van der Waals surface area contributed by atoms with Gasteiger partial charge in [-0.15, -0.1) is 12.4 Å². The van der Waals surface area contributed by atoms with Crippen LogP contribution in [0.1, 0.15) is 33.1 Å². The number of nitrogens with one attached hydrogen (secondary N) is 1. The standard InChI is InChI=1S/C12H22N2O2.ClH/c1-3-10-8-14(7-9(2)16-10)12(15)11-5-4-6-13-11;/h9-11,13H,3-8H2,1-2H3;1H. The predicted molar refractivity (Wildman–Crippen MR) is 69.5 cm³/mol. The van der Waals surface area contributed by atoms with E-state index in [1.165, 1.54) is 0 Å². The Balaban J connectivity index is 0.00000144. The molecule has 2 aliphatic heterocycles. The maximum atomic E-state index is 12.2. The fourth-order valence-electron chi connectivity index (χ4n) is 2.57. The maximum absolute atomic E-state index is 12.2. The summed E-state index contributed by atoms with van der Waals surface area (Å²) in [6.45, 7) is 6.64. The van der Waals surface area contributed by atoms with Crippen molar-refractivity contribution in [1.29, 1.82) is 0 Å². The van der Waals surface area contributed by atoms with Crippen LogP contribution in [0.3, 0.4) is 0 Å². The molecular weight excluding hydrogens is 240 g/mol. The van der Waals surface area contributed by atoms with Gasteiger partial charge in [-0.2, -0.15) is 0 Å². The second-order valence-corrected chi connectivity index (χ2v) is 4.87. The zero-order valence-electron chi connectivity index (χ0n) is 10.6. The van der Waals surface area contributed by atoms with Gasteiger partial charge >= 0.3 is 0 Å². The molecule has 2 saturated heterocycles. The van der Waals surface area contributed by atoms with Crippen LogP contribution in [-0.4, -0.2) is 48.7 Å². The van der Waals surface area contributed by atoms with Gasteiger partial charge in [-0.3, -0.25) is 4.79 Å². The lowest BCUT2D eigenvalue weighted by Crippen LogP contribution is -2.53. The van der Waals surface area contributed by atoms with Crippen molar-refractivity contribution in [3.8, 4) is 0 Å². The molecule has 2 fully saturated rings. The number of nitrogens with zero attached hydrogens (tertiary/aromatic N) is 1. The van der Waals surface area contributed by atoms with Crippen LogP contribution in [0.2, 0.25) is 0 Å². The molecule has 0 radical (unpaired) electrons. The van der Waals surface area contributed by atoms with Crippen molar-refractivity contribution < 1.29 is 9.53 Å². The smallest absolute Gasteiger partial charge is 0.239 e. The van der Waals surface area contributed by atoms with E-state index in [0.29, 0.717) is 0 Å². The number of carbonyl (C=O) groups excluding carboxylic acids is 1. The number of amides is 1. The Morgan fingerprint density at radius 3 is 2.82 bits per heavy atom. The van der Waals surface area contributed by atoms with Crippen molar-refractivity contribution >= 4 is 18.3 Å². The van der Waals surface area contributed by atoms with Crippen LogP contribution in [0.4, 0.5) is 0 Å². The van der Waals surface area contributed by atoms with E-state index in [1.807, 2.05) is 11.8 Å². The van der Waals surface area contributed by atoms with Crippen LogP contribution < -0.4 is 5.32 Å². The highest BCUT2D eigenvalue weighted by molar-refractivity contribution is 5.85. The molecule has 100 valence electrons. The molecule has 0 aromatic carbocycles. The van der Waals surface area contributed by atoms with Gasteiger partial charge in [0, 0.05) is 13.1 Å². The quantitative estimate of drug-likeness (QED) is 0.813. The minimum atomic E-state index is 0.